The van der Waals surface area contributed by atoms with Crippen LogP contribution in [0.1, 0.15) is 25.5 Å². The molecular weight excluding hydrogens is 278 g/mol. The van der Waals surface area contributed by atoms with E-state index in [2.05, 4.69) is 30.0 Å². The van der Waals surface area contributed by atoms with Crippen LogP contribution in [0.4, 0.5) is 0 Å². The molecule has 0 saturated carbocycles. The second-order valence-corrected chi connectivity index (χ2v) is 5.46. The molecule has 0 saturated heterocycles. The van der Waals surface area contributed by atoms with Gasteiger partial charge in [-0.2, -0.15) is 5.10 Å². The van der Waals surface area contributed by atoms with Crippen molar-refractivity contribution in [3.63, 3.8) is 0 Å². The number of carbonyl (C=O) groups is 1. The molecule has 2 heterocycles. The fourth-order valence-electron chi connectivity index (χ4n) is 2.50. The number of aromatic amines is 1. The van der Waals surface area contributed by atoms with Crippen LogP contribution >= 0.6 is 0 Å². The van der Waals surface area contributed by atoms with Crippen LogP contribution in [0.3, 0.4) is 0 Å². The Hall–Kier alpha value is -2.82. The van der Waals surface area contributed by atoms with Crippen molar-refractivity contribution in [3.8, 4) is 11.4 Å². The maximum absolute atomic E-state index is 10.6. The van der Waals surface area contributed by atoms with Gasteiger partial charge >= 0.3 is 5.97 Å². The van der Waals surface area contributed by atoms with Crippen LogP contribution < -0.4 is 0 Å². The molecular formula is C17H17N3O2. The minimum atomic E-state index is -0.948. The number of carboxylic acid groups (broad SMARTS) is 1. The Morgan fingerprint density at radius 2 is 2.14 bits per heavy atom. The Kier molecular flexibility index (Phi) is 3.55. The fourth-order valence-corrected chi connectivity index (χ4v) is 2.50. The first kappa shape index (κ1) is 14.1. The van der Waals surface area contributed by atoms with Gasteiger partial charge in [0, 0.05) is 29.2 Å². The van der Waals surface area contributed by atoms with Crippen LogP contribution in [0.2, 0.25) is 0 Å². The predicted molar refractivity (Wildman–Crippen MR) is 86.6 cm³/mol. The van der Waals surface area contributed by atoms with Crippen molar-refractivity contribution in [2.75, 3.05) is 0 Å². The van der Waals surface area contributed by atoms with Crippen LogP contribution in [0.25, 0.3) is 28.4 Å². The van der Waals surface area contributed by atoms with E-state index in [4.69, 9.17) is 5.11 Å². The molecule has 0 amide bonds. The minimum absolute atomic E-state index is 0.283. The zero-order valence-corrected chi connectivity index (χ0v) is 12.4. The van der Waals surface area contributed by atoms with Crippen LogP contribution in [0, 0.1) is 0 Å². The summed E-state index contributed by atoms with van der Waals surface area (Å²) < 4.78 is 1.97. The van der Waals surface area contributed by atoms with E-state index in [0.717, 1.165) is 33.9 Å². The minimum Gasteiger partial charge on any atom is -0.478 e. The van der Waals surface area contributed by atoms with Gasteiger partial charge in [-0.15, -0.1) is 0 Å². The molecule has 0 fully saturated rings. The summed E-state index contributed by atoms with van der Waals surface area (Å²) in [6, 6.07) is 10.1. The number of benzene rings is 1. The number of aromatic nitrogens is 3. The van der Waals surface area contributed by atoms with Gasteiger partial charge in [0.15, 0.2) is 0 Å². The summed E-state index contributed by atoms with van der Waals surface area (Å²) in [5.41, 5.74) is 3.91. The molecule has 0 unspecified atom stereocenters. The van der Waals surface area contributed by atoms with Gasteiger partial charge in [0.25, 0.3) is 0 Å². The van der Waals surface area contributed by atoms with Crippen molar-refractivity contribution < 1.29 is 9.90 Å². The Morgan fingerprint density at radius 3 is 2.86 bits per heavy atom. The fraction of sp³-hybridized carbons (Fsp3) is 0.176. The highest BCUT2D eigenvalue weighted by Crippen LogP contribution is 2.26. The SMILES string of the molecule is CC(C)n1nccc1-c1cc2cc(/C=C/C(=O)O)ccc2[nH]1. The molecule has 0 aliphatic rings. The third kappa shape index (κ3) is 2.65. The third-order valence-electron chi connectivity index (χ3n) is 3.50. The lowest BCUT2D eigenvalue weighted by Gasteiger charge is -2.09. The molecule has 0 aliphatic carbocycles. The lowest BCUT2D eigenvalue weighted by molar-refractivity contribution is -0.131. The highest BCUT2D eigenvalue weighted by molar-refractivity contribution is 5.89. The van der Waals surface area contributed by atoms with Crippen molar-refractivity contribution >= 4 is 22.9 Å². The van der Waals surface area contributed by atoms with Gasteiger partial charge in [-0.3, -0.25) is 4.68 Å². The molecule has 0 aliphatic heterocycles. The van der Waals surface area contributed by atoms with Crippen molar-refractivity contribution in [3.05, 3.63) is 48.2 Å². The molecule has 2 aromatic heterocycles. The first-order valence-electron chi connectivity index (χ1n) is 7.12. The van der Waals surface area contributed by atoms with Gasteiger partial charge in [-0.05, 0) is 49.8 Å². The normalized spacial score (nSPS) is 11.8. The van der Waals surface area contributed by atoms with Gasteiger partial charge in [-0.25, -0.2) is 4.79 Å². The number of nitrogens with zero attached hydrogens (tertiary/aromatic N) is 2. The molecule has 1 aromatic carbocycles. The van der Waals surface area contributed by atoms with Crippen molar-refractivity contribution in [2.45, 2.75) is 19.9 Å². The van der Waals surface area contributed by atoms with Crippen molar-refractivity contribution in [1.29, 1.82) is 0 Å². The van der Waals surface area contributed by atoms with E-state index in [-0.39, 0.29) is 6.04 Å². The molecule has 0 radical (unpaired) electrons. The van der Waals surface area contributed by atoms with Gasteiger partial charge in [-0.1, -0.05) is 6.07 Å². The van der Waals surface area contributed by atoms with Gasteiger partial charge in [0.2, 0.25) is 0 Å². The molecule has 3 aromatic rings. The summed E-state index contributed by atoms with van der Waals surface area (Å²) in [6.45, 7) is 4.18. The molecule has 112 valence electrons. The number of hydrogen-bond donors (Lipinski definition) is 2. The van der Waals surface area contributed by atoms with Crippen LogP contribution in [0.15, 0.2) is 42.6 Å². The van der Waals surface area contributed by atoms with E-state index in [1.807, 2.05) is 28.9 Å². The number of fused-ring (bicyclic) bond motifs is 1. The van der Waals surface area contributed by atoms with E-state index < -0.39 is 5.97 Å². The second kappa shape index (κ2) is 5.52. The molecule has 22 heavy (non-hydrogen) atoms. The van der Waals surface area contributed by atoms with Crippen LogP contribution in [-0.4, -0.2) is 25.8 Å². The van der Waals surface area contributed by atoms with E-state index in [1.165, 1.54) is 0 Å². The van der Waals surface area contributed by atoms with Crippen LogP contribution in [-0.2, 0) is 4.79 Å². The Labute approximate surface area is 127 Å². The average molecular weight is 295 g/mol. The van der Waals surface area contributed by atoms with E-state index in [0.29, 0.717) is 0 Å². The van der Waals surface area contributed by atoms with E-state index >= 15 is 0 Å². The number of rotatable bonds is 4. The summed E-state index contributed by atoms with van der Waals surface area (Å²) >= 11 is 0. The molecule has 3 rings (SSSR count). The third-order valence-corrected chi connectivity index (χ3v) is 3.50. The number of hydrogen-bond acceptors (Lipinski definition) is 2. The molecule has 0 bridgehead atoms. The molecule has 0 atom stereocenters. The second-order valence-electron chi connectivity index (χ2n) is 5.46. The van der Waals surface area contributed by atoms with E-state index in [1.54, 1.807) is 12.3 Å². The predicted octanol–water partition coefficient (Wildman–Crippen LogP) is 3.71. The zero-order valence-electron chi connectivity index (χ0n) is 12.4. The summed E-state index contributed by atoms with van der Waals surface area (Å²) in [4.78, 5) is 14.0. The maximum atomic E-state index is 10.6. The Balaban J connectivity index is 2.03. The molecule has 0 spiro atoms. The van der Waals surface area contributed by atoms with Crippen molar-refractivity contribution in [1.82, 2.24) is 14.8 Å². The van der Waals surface area contributed by atoms with Crippen molar-refractivity contribution in [2.24, 2.45) is 0 Å². The lowest BCUT2D eigenvalue weighted by Crippen LogP contribution is -2.04. The monoisotopic (exact) mass is 295 g/mol. The average Bonchev–Trinajstić information content (AvgIpc) is 3.10. The topological polar surface area (TPSA) is 70.9 Å². The number of carboxylic acids is 1. The largest absolute Gasteiger partial charge is 0.478 e. The summed E-state index contributed by atoms with van der Waals surface area (Å²) in [5, 5.41) is 14.1. The Bertz CT molecular complexity index is 856. The first-order valence-corrected chi connectivity index (χ1v) is 7.12. The highest BCUT2D eigenvalue weighted by Gasteiger charge is 2.10. The number of nitrogens with one attached hydrogen (secondary N) is 1. The number of aliphatic carboxylic acids is 1. The molecule has 2 N–H and O–H groups in total. The smallest absolute Gasteiger partial charge is 0.328 e. The van der Waals surface area contributed by atoms with Gasteiger partial charge in [0.05, 0.1) is 11.4 Å². The van der Waals surface area contributed by atoms with Gasteiger partial charge < -0.3 is 10.1 Å². The quantitative estimate of drug-likeness (QED) is 0.721. The number of H-pyrrole nitrogens is 1. The maximum Gasteiger partial charge on any atom is 0.328 e. The molecule has 5 heteroatoms. The van der Waals surface area contributed by atoms with E-state index in [9.17, 15) is 4.79 Å². The summed E-state index contributed by atoms with van der Waals surface area (Å²) in [7, 11) is 0. The standard InChI is InChI=1S/C17H17N3O2/c1-11(2)20-16(7-8-18-20)15-10-13-9-12(4-6-17(21)22)3-5-14(13)19-15/h3-11,19H,1-2H3,(H,21,22)/b6-4+. The lowest BCUT2D eigenvalue weighted by atomic mass is 10.1. The summed E-state index contributed by atoms with van der Waals surface area (Å²) in [5.74, 6) is -0.948. The first-order chi connectivity index (χ1) is 10.5. The Morgan fingerprint density at radius 1 is 1.32 bits per heavy atom. The molecule has 5 nitrogen and oxygen atoms in total. The van der Waals surface area contributed by atoms with Crippen LogP contribution in [0.5, 0.6) is 0 Å². The van der Waals surface area contributed by atoms with Gasteiger partial charge in [0.1, 0.15) is 0 Å². The summed E-state index contributed by atoms with van der Waals surface area (Å²) in [6.07, 6.45) is 4.53. The highest BCUT2D eigenvalue weighted by atomic mass is 16.4. The zero-order chi connectivity index (χ0) is 15.7.